The number of rotatable bonds is 4. The van der Waals surface area contributed by atoms with Gasteiger partial charge in [0.2, 0.25) is 0 Å². The molecule has 1 heterocycles. The lowest BCUT2D eigenvalue weighted by Gasteiger charge is -2.09. The molecule has 1 N–H and O–H groups in total. The second-order valence-corrected chi connectivity index (χ2v) is 7.26. The number of anilines is 1. The maximum atomic E-state index is 12.7. The molecule has 0 fully saturated rings. The number of para-hydroxylation sites is 1. The molecule has 1 amide bonds. The maximum Gasteiger partial charge on any atom is 0.255 e. The molecule has 144 valence electrons. The first-order chi connectivity index (χ1) is 14.0. The average Bonchev–Trinajstić information content (AvgIpc) is 2.74. The molecule has 0 saturated carbocycles. The molecule has 0 unspecified atom stereocenters. The molecule has 3 aromatic carbocycles. The van der Waals surface area contributed by atoms with E-state index in [0.717, 1.165) is 4.47 Å². The van der Waals surface area contributed by atoms with Crippen LogP contribution in [-0.4, -0.2) is 13.0 Å². The number of hydrogen-bond donors (Lipinski definition) is 1. The van der Waals surface area contributed by atoms with E-state index in [4.69, 9.17) is 9.15 Å². The monoisotopic (exact) mass is 449 g/mol. The van der Waals surface area contributed by atoms with Crippen LogP contribution in [0.3, 0.4) is 0 Å². The standard InChI is InChI=1S/C23H16BrNO4/c1-28-20-5-3-2-4-17(20)22-13-19(26)18-12-16(10-11-21(18)29-22)25-23(27)14-6-8-15(24)9-7-14/h2-13H,1H3,(H,25,27). The fourth-order valence-corrected chi connectivity index (χ4v) is 3.28. The number of amides is 1. The number of carbonyl (C=O) groups is 1. The van der Waals surface area contributed by atoms with E-state index in [1.165, 1.54) is 6.07 Å². The Morgan fingerprint density at radius 2 is 1.76 bits per heavy atom. The number of methoxy groups -OCH3 is 1. The lowest BCUT2D eigenvalue weighted by atomic mass is 10.1. The van der Waals surface area contributed by atoms with Crippen molar-refractivity contribution in [3.8, 4) is 17.1 Å². The Morgan fingerprint density at radius 1 is 1.00 bits per heavy atom. The van der Waals surface area contributed by atoms with E-state index in [-0.39, 0.29) is 11.3 Å². The number of ether oxygens (including phenoxy) is 1. The van der Waals surface area contributed by atoms with Gasteiger partial charge in [0.25, 0.3) is 5.91 Å². The summed E-state index contributed by atoms with van der Waals surface area (Å²) in [6.07, 6.45) is 0. The van der Waals surface area contributed by atoms with Crippen molar-refractivity contribution in [3.63, 3.8) is 0 Å². The Morgan fingerprint density at radius 3 is 2.52 bits per heavy atom. The molecular formula is C23H16BrNO4. The predicted molar refractivity (Wildman–Crippen MR) is 117 cm³/mol. The van der Waals surface area contributed by atoms with E-state index in [1.807, 2.05) is 18.2 Å². The minimum atomic E-state index is -0.258. The molecule has 0 radical (unpaired) electrons. The van der Waals surface area contributed by atoms with Crippen molar-refractivity contribution in [2.75, 3.05) is 12.4 Å². The summed E-state index contributed by atoms with van der Waals surface area (Å²) >= 11 is 3.34. The molecule has 0 aliphatic carbocycles. The predicted octanol–water partition coefficient (Wildman–Crippen LogP) is 5.48. The van der Waals surface area contributed by atoms with Crippen molar-refractivity contribution in [2.24, 2.45) is 0 Å². The van der Waals surface area contributed by atoms with Gasteiger partial charge in [-0.05, 0) is 54.6 Å². The summed E-state index contributed by atoms with van der Waals surface area (Å²) in [5.41, 5.74) is 1.96. The number of halogens is 1. The Bertz CT molecular complexity index is 1260. The van der Waals surface area contributed by atoms with Crippen molar-refractivity contribution in [3.05, 3.63) is 93.1 Å². The zero-order valence-corrected chi connectivity index (χ0v) is 17.0. The number of fused-ring (bicyclic) bond motifs is 1. The SMILES string of the molecule is COc1ccccc1-c1cc(=O)c2cc(NC(=O)c3ccc(Br)cc3)ccc2o1. The van der Waals surface area contributed by atoms with Crippen LogP contribution >= 0.6 is 15.9 Å². The molecule has 0 bridgehead atoms. The van der Waals surface area contributed by atoms with Crippen molar-refractivity contribution >= 4 is 38.5 Å². The smallest absolute Gasteiger partial charge is 0.255 e. The van der Waals surface area contributed by atoms with E-state index in [9.17, 15) is 9.59 Å². The number of benzene rings is 3. The quantitative estimate of drug-likeness (QED) is 0.447. The minimum Gasteiger partial charge on any atom is -0.496 e. The van der Waals surface area contributed by atoms with Gasteiger partial charge in [0.15, 0.2) is 5.43 Å². The van der Waals surface area contributed by atoms with Gasteiger partial charge in [0.05, 0.1) is 18.1 Å². The summed E-state index contributed by atoms with van der Waals surface area (Å²) in [7, 11) is 1.57. The van der Waals surface area contributed by atoms with Crippen LogP contribution < -0.4 is 15.5 Å². The molecule has 0 aliphatic rings. The zero-order valence-electron chi connectivity index (χ0n) is 15.4. The average molecular weight is 450 g/mol. The fraction of sp³-hybridized carbons (Fsp3) is 0.0435. The first-order valence-corrected chi connectivity index (χ1v) is 9.62. The Kier molecular flexibility index (Phi) is 5.18. The molecule has 5 nitrogen and oxygen atoms in total. The fourth-order valence-electron chi connectivity index (χ4n) is 3.02. The van der Waals surface area contributed by atoms with Crippen LogP contribution in [0.1, 0.15) is 10.4 Å². The van der Waals surface area contributed by atoms with Crippen LogP contribution in [0.25, 0.3) is 22.3 Å². The normalized spacial score (nSPS) is 10.7. The third kappa shape index (κ3) is 3.93. The lowest BCUT2D eigenvalue weighted by Crippen LogP contribution is -2.12. The Labute approximate surface area is 175 Å². The van der Waals surface area contributed by atoms with Gasteiger partial charge in [-0.25, -0.2) is 0 Å². The highest BCUT2D eigenvalue weighted by Crippen LogP contribution is 2.31. The second kappa shape index (κ2) is 7.93. The van der Waals surface area contributed by atoms with Gasteiger partial charge in [0, 0.05) is 21.8 Å². The van der Waals surface area contributed by atoms with Gasteiger partial charge < -0.3 is 14.5 Å². The molecular weight excluding hydrogens is 434 g/mol. The van der Waals surface area contributed by atoms with E-state index in [1.54, 1.807) is 55.6 Å². The summed E-state index contributed by atoms with van der Waals surface area (Å²) in [6.45, 7) is 0. The van der Waals surface area contributed by atoms with Crippen LogP contribution in [0.4, 0.5) is 5.69 Å². The molecule has 29 heavy (non-hydrogen) atoms. The van der Waals surface area contributed by atoms with Crippen molar-refractivity contribution < 1.29 is 13.9 Å². The summed E-state index contributed by atoms with van der Waals surface area (Å²) in [5.74, 6) is 0.784. The Balaban J connectivity index is 1.68. The van der Waals surface area contributed by atoms with E-state index in [2.05, 4.69) is 21.2 Å². The first-order valence-electron chi connectivity index (χ1n) is 8.83. The van der Waals surface area contributed by atoms with E-state index < -0.39 is 0 Å². The molecule has 0 atom stereocenters. The molecule has 4 rings (SSSR count). The highest BCUT2D eigenvalue weighted by Gasteiger charge is 2.12. The molecule has 1 aromatic heterocycles. The molecule has 4 aromatic rings. The third-order valence-electron chi connectivity index (χ3n) is 4.46. The van der Waals surface area contributed by atoms with Crippen LogP contribution in [0.5, 0.6) is 5.75 Å². The topological polar surface area (TPSA) is 68.5 Å². The van der Waals surface area contributed by atoms with Gasteiger partial charge in [-0.15, -0.1) is 0 Å². The van der Waals surface area contributed by atoms with E-state index in [0.29, 0.717) is 39.3 Å². The molecule has 0 aliphatic heterocycles. The van der Waals surface area contributed by atoms with Crippen molar-refractivity contribution in [2.45, 2.75) is 0 Å². The van der Waals surface area contributed by atoms with Gasteiger partial charge in [-0.1, -0.05) is 28.1 Å². The molecule has 0 spiro atoms. The summed E-state index contributed by atoms with van der Waals surface area (Å²) < 4.78 is 12.2. The number of nitrogens with one attached hydrogen (secondary N) is 1. The maximum absolute atomic E-state index is 12.7. The number of hydrogen-bond acceptors (Lipinski definition) is 4. The second-order valence-electron chi connectivity index (χ2n) is 6.35. The third-order valence-corrected chi connectivity index (χ3v) is 4.99. The van der Waals surface area contributed by atoms with Gasteiger partial charge in [0.1, 0.15) is 17.1 Å². The molecule has 6 heteroatoms. The zero-order chi connectivity index (χ0) is 20.4. The lowest BCUT2D eigenvalue weighted by molar-refractivity contribution is 0.102. The van der Waals surface area contributed by atoms with Crippen molar-refractivity contribution in [1.82, 2.24) is 0 Å². The Hall–Kier alpha value is -3.38. The largest absolute Gasteiger partial charge is 0.496 e. The van der Waals surface area contributed by atoms with E-state index >= 15 is 0 Å². The first kappa shape index (κ1) is 19.0. The van der Waals surface area contributed by atoms with Crippen LogP contribution in [0.15, 0.2) is 86.5 Å². The van der Waals surface area contributed by atoms with Crippen LogP contribution in [0, 0.1) is 0 Å². The van der Waals surface area contributed by atoms with Crippen molar-refractivity contribution in [1.29, 1.82) is 0 Å². The minimum absolute atomic E-state index is 0.202. The number of carbonyl (C=O) groups excluding carboxylic acids is 1. The van der Waals surface area contributed by atoms with Gasteiger partial charge >= 0.3 is 0 Å². The van der Waals surface area contributed by atoms with Gasteiger partial charge in [-0.2, -0.15) is 0 Å². The molecule has 0 saturated heterocycles. The highest BCUT2D eigenvalue weighted by molar-refractivity contribution is 9.10. The summed E-state index contributed by atoms with van der Waals surface area (Å²) in [5, 5.41) is 3.19. The summed E-state index contributed by atoms with van der Waals surface area (Å²) in [6, 6.07) is 20.8. The van der Waals surface area contributed by atoms with Crippen LogP contribution in [-0.2, 0) is 0 Å². The highest BCUT2D eigenvalue weighted by atomic mass is 79.9. The van der Waals surface area contributed by atoms with Gasteiger partial charge in [-0.3, -0.25) is 9.59 Å². The summed E-state index contributed by atoms with van der Waals surface area (Å²) in [4.78, 5) is 25.1. The van der Waals surface area contributed by atoms with Crippen LogP contribution in [0.2, 0.25) is 0 Å².